The molecule has 0 N–H and O–H groups in total. The molecule has 0 radical (unpaired) electrons. The van der Waals surface area contributed by atoms with Crippen LogP contribution in [0.3, 0.4) is 0 Å². The summed E-state index contributed by atoms with van der Waals surface area (Å²) in [5.41, 5.74) is 5.12. The molecule has 25 heavy (non-hydrogen) atoms. The third-order valence-electron chi connectivity index (χ3n) is 4.41. The van der Waals surface area contributed by atoms with Crippen molar-refractivity contribution in [2.24, 2.45) is 0 Å². The summed E-state index contributed by atoms with van der Waals surface area (Å²) in [6, 6.07) is 26.2. The molecular weight excluding hydrogens is 324 g/mol. The molecule has 3 aromatic carbocycles. The molecule has 1 unspecified atom stereocenters. The maximum atomic E-state index is 13.2. The van der Waals surface area contributed by atoms with E-state index in [9.17, 15) is 4.79 Å². The van der Waals surface area contributed by atoms with Crippen molar-refractivity contribution in [3.8, 4) is 0 Å². The van der Waals surface area contributed by atoms with Crippen molar-refractivity contribution in [1.82, 2.24) is 0 Å². The Morgan fingerprint density at radius 2 is 1.56 bits per heavy atom. The molecule has 1 aliphatic heterocycles. The van der Waals surface area contributed by atoms with Gasteiger partial charge in [-0.15, -0.1) is 11.8 Å². The summed E-state index contributed by atoms with van der Waals surface area (Å²) in [6.45, 7) is 2.10. The predicted molar refractivity (Wildman–Crippen MR) is 105 cm³/mol. The van der Waals surface area contributed by atoms with Crippen LogP contribution in [-0.2, 0) is 0 Å². The van der Waals surface area contributed by atoms with Crippen molar-refractivity contribution in [1.29, 1.82) is 0 Å². The SMILES string of the molecule is Cc1ccc2c(c1)SC(c1ccccc1)C(C(=O)c1ccccc1)=C2. The number of hydrogen-bond donors (Lipinski definition) is 0. The van der Waals surface area contributed by atoms with Crippen molar-refractivity contribution >= 4 is 23.6 Å². The van der Waals surface area contributed by atoms with Gasteiger partial charge in [0.05, 0.1) is 5.25 Å². The van der Waals surface area contributed by atoms with Crippen LogP contribution in [0.1, 0.15) is 32.3 Å². The van der Waals surface area contributed by atoms with Crippen molar-refractivity contribution in [2.45, 2.75) is 17.1 Å². The van der Waals surface area contributed by atoms with Gasteiger partial charge in [-0.25, -0.2) is 0 Å². The first-order valence-corrected chi connectivity index (χ1v) is 9.24. The monoisotopic (exact) mass is 342 g/mol. The molecule has 0 amide bonds. The summed E-state index contributed by atoms with van der Waals surface area (Å²) in [4.78, 5) is 14.4. The Morgan fingerprint density at radius 1 is 0.880 bits per heavy atom. The number of ketones is 1. The Hall–Kier alpha value is -2.58. The first kappa shape index (κ1) is 15.9. The standard InChI is InChI=1S/C23H18OS/c1-16-12-13-19-15-20(22(24)17-8-4-2-5-9-17)23(25-21(19)14-16)18-10-6-3-7-11-18/h2-15,23H,1H3. The number of benzene rings is 3. The second-order valence-corrected chi connectivity index (χ2v) is 7.39. The lowest BCUT2D eigenvalue weighted by Gasteiger charge is -2.25. The summed E-state index contributed by atoms with van der Waals surface area (Å²) in [5, 5.41) is 0.0169. The molecule has 0 saturated heterocycles. The number of Topliss-reactive ketones (excluding diaryl/α,β-unsaturated/α-hetero) is 1. The topological polar surface area (TPSA) is 17.1 Å². The second kappa shape index (κ2) is 6.73. The van der Waals surface area contributed by atoms with Crippen LogP contribution in [0.5, 0.6) is 0 Å². The summed E-state index contributed by atoms with van der Waals surface area (Å²) in [6.07, 6.45) is 2.07. The first-order chi connectivity index (χ1) is 12.2. The van der Waals surface area contributed by atoms with Crippen LogP contribution in [0.15, 0.2) is 89.3 Å². The third-order valence-corrected chi connectivity index (χ3v) is 5.78. The molecule has 0 fully saturated rings. The Bertz CT molecular complexity index is 942. The maximum absolute atomic E-state index is 13.2. The smallest absolute Gasteiger partial charge is 0.190 e. The number of fused-ring (bicyclic) bond motifs is 1. The van der Waals surface area contributed by atoms with Crippen molar-refractivity contribution < 1.29 is 4.79 Å². The highest BCUT2D eigenvalue weighted by atomic mass is 32.2. The summed E-state index contributed by atoms with van der Waals surface area (Å²) in [5.74, 6) is 0.105. The van der Waals surface area contributed by atoms with Crippen LogP contribution in [0, 0.1) is 6.92 Å². The van der Waals surface area contributed by atoms with Crippen LogP contribution in [0.4, 0.5) is 0 Å². The minimum atomic E-state index is 0.0169. The van der Waals surface area contributed by atoms with E-state index < -0.39 is 0 Å². The zero-order valence-electron chi connectivity index (χ0n) is 14.0. The van der Waals surface area contributed by atoms with Gasteiger partial charge in [0.25, 0.3) is 0 Å². The van der Waals surface area contributed by atoms with Crippen molar-refractivity contribution in [3.05, 3.63) is 107 Å². The fraction of sp³-hybridized carbons (Fsp3) is 0.0870. The molecule has 2 heteroatoms. The van der Waals surface area contributed by atoms with E-state index in [1.807, 2.05) is 48.5 Å². The molecule has 4 rings (SSSR count). The number of hydrogen-bond acceptors (Lipinski definition) is 2. The van der Waals surface area contributed by atoms with E-state index in [0.717, 1.165) is 22.3 Å². The van der Waals surface area contributed by atoms with Gasteiger partial charge in [-0.3, -0.25) is 4.79 Å². The van der Waals surface area contributed by atoms with E-state index in [-0.39, 0.29) is 11.0 Å². The maximum Gasteiger partial charge on any atom is 0.190 e. The third kappa shape index (κ3) is 3.18. The largest absolute Gasteiger partial charge is 0.289 e. The molecule has 1 atom stereocenters. The minimum absolute atomic E-state index is 0.0169. The van der Waals surface area contributed by atoms with E-state index in [2.05, 4.69) is 43.3 Å². The van der Waals surface area contributed by atoms with Gasteiger partial charge < -0.3 is 0 Å². The van der Waals surface area contributed by atoms with E-state index in [1.165, 1.54) is 10.5 Å². The summed E-state index contributed by atoms with van der Waals surface area (Å²) < 4.78 is 0. The van der Waals surface area contributed by atoms with E-state index in [4.69, 9.17) is 0 Å². The molecule has 0 bridgehead atoms. The van der Waals surface area contributed by atoms with Crippen molar-refractivity contribution in [2.75, 3.05) is 0 Å². The van der Waals surface area contributed by atoms with Gasteiger partial charge in [0.2, 0.25) is 0 Å². The van der Waals surface area contributed by atoms with Gasteiger partial charge in [-0.2, -0.15) is 0 Å². The highest BCUT2D eigenvalue weighted by Gasteiger charge is 2.28. The number of thioether (sulfide) groups is 1. The summed E-state index contributed by atoms with van der Waals surface area (Å²) >= 11 is 1.77. The highest BCUT2D eigenvalue weighted by molar-refractivity contribution is 8.00. The number of carbonyl (C=O) groups excluding carboxylic acids is 1. The Labute approximate surface area is 152 Å². The van der Waals surface area contributed by atoms with Crippen LogP contribution in [-0.4, -0.2) is 5.78 Å². The van der Waals surface area contributed by atoms with Crippen LogP contribution in [0.25, 0.3) is 6.08 Å². The number of aryl methyl sites for hydroxylation is 1. The van der Waals surface area contributed by atoms with Gasteiger partial charge in [0.1, 0.15) is 0 Å². The normalized spacial score (nSPS) is 16.0. The van der Waals surface area contributed by atoms with Crippen LogP contribution in [0.2, 0.25) is 0 Å². The fourth-order valence-corrected chi connectivity index (χ4v) is 4.48. The Morgan fingerprint density at radius 3 is 2.28 bits per heavy atom. The molecule has 0 aromatic heterocycles. The van der Waals surface area contributed by atoms with E-state index >= 15 is 0 Å². The molecule has 1 nitrogen and oxygen atoms in total. The fourth-order valence-electron chi connectivity index (χ4n) is 3.11. The van der Waals surface area contributed by atoms with Gasteiger partial charge in [0, 0.05) is 16.0 Å². The quantitative estimate of drug-likeness (QED) is 0.534. The molecule has 1 heterocycles. The lowest BCUT2D eigenvalue weighted by molar-refractivity contribution is 0.103. The van der Waals surface area contributed by atoms with E-state index in [0.29, 0.717) is 0 Å². The summed E-state index contributed by atoms with van der Waals surface area (Å²) in [7, 11) is 0. The van der Waals surface area contributed by atoms with Gasteiger partial charge in [-0.05, 0) is 35.8 Å². The number of carbonyl (C=O) groups is 1. The average molecular weight is 342 g/mol. The van der Waals surface area contributed by atoms with Crippen LogP contribution >= 0.6 is 11.8 Å². The van der Waals surface area contributed by atoms with Gasteiger partial charge >= 0.3 is 0 Å². The lowest BCUT2D eigenvalue weighted by atomic mass is 9.94. The molecule has 0 spiro atoms. The first-order valence-electron chi connectivity index (χ1n) is 8.36. The molecule has 3 aromatic rings. The van der Waals surface area contributed by atoms with Crippen molar-refractivity contribution in [3.63, 3.8) is 0 Å². The molecular formula is C23H18OS. The van der Waals surface area contributed by atoms with Crippen LogP contribution < -0.4 is 0 Å². The highest BCUT2D eigenvalue weighted by Crippen LogP contribution is 2.47. The molecule has 0 saturated carbocycles. The predicted octanol–water partition coefficient (Wildman–Crippen LogP) is 6.11. The Kier molecular flexibility index (Phi) is 4.29. The molecule has 1 aliphatic rings. The lowest BCUT2D eigenvalue weighted by Crippen LogP contribution is -2.13. The molecule has 0 aliphatic carbocycles. The minimum Gasteiger partial charge on any atom is -0.289 e. The van der Waals surface area contributed by atoms with Gasteiger partial charge in [0.15, 0.2) is 5.78 Å². The molecule has 122 valence electrons. The zero-order chi connectivity index (χ0) is 17.2. The Balaban J connectivity index is 1.84. The number of rotatable bonds is 3. The van der Waals surface area contributed by atoms with E-state index in [1.54, 1.807) is 11.8 Å². The average Bonchev–Trinajstić information content (AvgIpc) is 2.68. The zero-order valence-corrected chi connectivity index (χ0v) is 14.8. The second-order valence-electron chi connectivity index (χ2n) is 6.24. The van der Waals surface area contributed by atoms with Gasteiger partial charge in [-0.1, -0.05) is 72.8 Å².